The Morgan fingerprint density at radius 2 is 1.76 bits per heavy atom. The number of benzene rings is 2. The third-order valence-corrected chi connectivity index (χ3v) is 4.53. The molecule has 0 fully saturated rings. The van der Waals surface area contributed by atoms with Gasteiger partial charge in [-0.25, -0.2) is 0 Å². The SMILES string of the molecule is CCNC(Cc1ccc2c(c1)CCC2)c1ccc(C)cc1. The molecule has 0 spiro atoms. The van der Waals surface area contributed by atoms with Gasteiger partial charge < -0.3 is 5.32 Å². The molecule has 110 valence electrons. The van der Waals surface area contributed by atoms with Crippen molar-refractivity contribution in [1.29, 1.82) is 0 Å². The predicted octanol–water partition coefficient (Wildman–Crippen LogP) is 4.38. The fourth-order valence-electron chi connectivity index (χ4n) is 3.34. The minimum Gasteiger partial charge on any atom is -0.310 e. The Morgan fingerprint density at radius 3 is 2.52 bits per heavy atom. The third-order valence-electron chi connectivity index (χ3n) is 4.53. The number of likely N-dealkylation sites (N-methyl/N-ethyl adjacent to an activating group) is 1. The van der Waals surface area contributed by atoms with Crippen LogP contribution in [0.4, 0.5) is 0 Å². The Bertz CT molecular complexity index is 598. The van der Waals surface area contributed by atoms with E-state index in [0.29, 0.717) is 6.04 Å². The van der Waals surface area contributed by atoms with Gasteiger partial charge >= 0.3 is 0 Å². The second-order valence-electron chi connectivity index (χ2n) is 6.18. The summed E-state index contributed by atoms with van der Waals surface area (Å²) in [6.07, 6.45) is 4.93. The number of rotatable bonds is 5. The van der Waals surface area contributed by atoms with E-state index in [1.54, 1.807) is 11.1 Å². The minimum absolute atomic E-state index is 0.412. The normalized spacial score (nSPS) is 15.0. The molecule has 1 nitrogen and oxygen atoms in total. The van der Waals surface area contributed by atoms with E-state index in [4.69, 9.17) is 0 Å². The van der Waals surface area contributed by atoms with Gasteiger partial charge in [-0.1, -0.05) is 55.0 Å². The van der Waals surface area contributed by atoms with Gasteiger partial charge in [-0.15, -0.1) is 0 Å². The van der Waals surface area contributed by atoms with Gasteiger partial charge in [0.1, 0.15) is 0 Å². The summed E-state index contributed by atoms with van der Waals surface area (Å²) in [5.41, 5.74) is 7.32. The maximum absolute atomic E-state index is 3.63. The number of hydrogen-bond donors (Lipinski definition) is 1. The molecule has 0 saturated heterocycles. The molecule has 0 amide bonds. The van der Waals surface area contributed by atoms with E-state index in [0.717, 1.165) is 13.0 Å². The number of nitrogens with one attached hydrogen (secondary N) is 1. The molecule has 1 N–H and O–H groups in total. The summed E-state index contributed by atoms with van der Waals surface area (Å²) in [5.74, 6) is 0. The largest absolute Gasteiger partial charge is 0.310 e. The van der Waals surface area contributed by atoms with Crippen LogP contribution in [0, 0.1) is 6.92 Å². The molecule has 21 heavy (non-hydrogen) atoms. The second kappa shape index (κ2) is 6.44. The number of hydrogen-bond acceptors (Lipinski definition) is 1. The quantitative estimate of drug-likeness (QED) is 0.856. The number of fused-ring (bicyclic) bond motifs is 1. The zero-order valence-corrected chi connectivity index (χ0v) is 13.2. The van der Waals surface area contributed by atoms with Crippen LogP contribution in [0.25, 0.3) is 0 Å². The first kappa shape index (κ1) is 14.3. The molecule has 0 saturated carbocycles. The average molecular weight is 279 g/mol. The van der Waals surface area contributed by atoms with Gasteiger partial charge in [0.15, 0.2) is 0 Å². The van der Waals surface area contributed by atoms with Gasteiger partial charge in [0.25, 0.3) is 0 Å². The molecular formula is C20H25N. The Morgan fingerprint density at radius 1 is 1.00 bits per heavy atom. The smallest absolute Gasteiger partial charge is 0.0360 e. The first-order chi connectivity index (χ1) is 10.3. The van der Waals surface area contributed by atoms with Crippen LogP contribution < -0.4 is 5.32 Å². The maximum atomic E-state index is 3.63. The highest BCUT2D eigenvalue weighted by molar-refractivity contribution is 5.36. The van der Waals surface area contributed by atoms with Gasteiger partial charge in [-0.2, -0.15) is 0 Å². The van der Waals surface area contributed by atoms with E-state index >= 15 is 0 Å². The van der Waals surface area contributed by atoms with Crippen molar-refractivity contribution in [2.45, 2.75) is 45.6 Å². The van der Waals surface area contributed by atoms with E-state index < -0.39 is 0 Å². The summed E-state index contributed by atoms with van der Waals surface area (Å²) in [6, 6.07) is 16.4. The molecule has 1 aliphatic rings. The summed E-state index contributed by atoms with van der Waals surface area (Å²) >= 11 is 0. The van der Waals surface area contributed by atoms with E-state index in [9.17, 15) is 0 Å². The monoisotopic (exact) mass is 279 g/mol. The van der Waals surface area contributed by atoms with Crippen molar-refractivity contribution in [2.75, 3.05) is 6.54 Å². The summed E-state index contributed by atoms with van der Waals surface area (Å²) in [6.45, 7) is 5.33. The lowest BCUT2D eigenvalue weighted by molar-refractivity contribution is 0.549. The molecule has 1 heteroatoms. The fraction of sp³-hybridized carbons (Fsp3) is 0.400. The van der Waals surface area contributed by atoms with Crippen LogP contribution in [0.15, 0.2) is 42.5 Å². The van der Waals surface area contributed by atoms with E-state index in [-0.39, 0.29) is 0 Å². The van der Waals surface area contributed by atoms with Gasteiger partial charge in [-0.3, -0.25) is 0 Å². The lowest BCUT2D eigenvalue weighted by Crippen LogP contribution is -2.23. The van der Waals surface area contributed by atoms with Crippen LogP contribution in [-0.2, 0) is 19.3 Å². The molecule has 3 rings (SSSR count). The van der Waals surface area contributed by atoms with E-state index in [1.807, 2.05) is 0 Å². The average Bonchev–Trinajstić information content (AvgIpc) is 2.95. The molecule has 0 aliphatic heterocycles. The Hall–Kier alpha value is -1.60. The van der Waals surface area contributed by atoms with Gasteiger partial charge in [0.2, 0.25) is 0 Å². The highest BCUT2D eigenvalue weighted by Gasteiger charge is 2.14. The summed E-state index contributed by atoms with van der Waals surface area (Å²) in [7, 11) is 0. The molecule has 1 aliphatic carbocycles. The number of aryl methyl sites for hydroxylation is 3. The van der Waals surface area contributed by atoms with Crippen molar-refractivity contribution in [3.63, 3.8) is 0 Å². The zero-order valence-electron chi connectivity index (χ0n) is 13.2. The Balaban J connectivity index is 1.80. The van der Waals surface area contributed by atoms with Gasteiger partial charge in [0, 0.05) is 6.04 Å². The van der Waals surface area contributed by atoms with Crippen LogP contribution in [0.5, 0.6) is 0 Å². The fourth-order valence-corrected chi connectivity index (χ4v) is 3.34. The molecule has 0 radical (unpaired) electrons. The van der Waals surface area contributed by atoms with Crippen molar-refractivity contribution < 1.29 is 0 Å². The van der Waals surface area contributed by atoms with E-state index in [2.05, 4.69) is 61.6 Å². The van der Waals surface area contributed by atoms with Crippen LogP contribution in [-0.4, -0.2) is 6.54 Å². The van der Waals surface area contributed by atoms with Crippen molar-refractivity contribution >= 4 is 0 Å². The van der Waals surface area contributed by atoms with Crippen LogP contribution in [0.2, 0.25) is 0 Å². The third kappa shape index (κ3) is 3.36. The molecule has 2 aromatic carbocycles. The highest BCUT2D eigenvalue weighted by Crippen LogP contribution is 2.25. The molecule has 0 aromatic heterocycles. The molecule has 1 unspecified atom stereocenters. The maximum Gasteiger partial charge on any atom is 0.0360 e. The topological polar surface area (TPSA) is 12.0 Å². The highest BCUT2D eigenvalue weighted by atomic mass is 14.9. The first-order valence-electron chi connectivity index (χ1n) is 8.17. The van der Waals surface area contributed by atoms with Crippen LogP contribution in [0.1, 0.15) is 47.2 Å². The Kier molecular flexibility index (Phi) is 4.40. The van der Waals surface area contributed by atoms with Crippen molar-refractivity contribution in [3.8, 4) is 0 Å². The molecular weight excluding hydrogens is 254 g/mol. The lowest BCUT2D eigenvalue weighted by Gasteiger charge is -2.19. The van der Waals surface area contributed by atoms with Crippen LogP contribution >= 0.6 is 0 Å². The van der Waals surface area contributed by atoms with Gasteiger partial charge in [-0.05, 0) is 61.4 Å². The molecule has 2 aromatic rings. The first-order valence-corrected chi connectivity index (χ1v) is 8.17. The summed E-state index contributed by atoms with van der Waals surface area (Å²) in [5, 5.41) is 3.63. The zero-order chi connectivity index (χ0) is 14.7. The minimum atomic E-state index is 0.412. The van der Waals surface area contributed by atoms with Gasteiger partial charge in [0.05, 0.1) is 0 Å². The van der Waals surface area contributed by atoms with Crippen LogP contribution in [0.3, 0.4) is 0 Å². The van der Waals surface area contributed by atoms with Crippen molar-refractivity contribution in [2.24, 2.45) is 0 Å². The van der Waals surface area contributed by atoms with E-state index in [1.165, 1.54) is 36.0 Å². The predicted molar refractivity (Wildman–Crippen MR) is 89.8 cm³/mol. The molecule has 0 bridgehead atoms. The lowest BCUT2D eigenvalue weighted by atomic mass is 9.96. The second-order valence-corrected chi connectivity index (χ2v) is 6.18. The Labute approximate surface area is 128 Å². The van der Waals surface area contributed by atoms with Crippen molar-refractivity contribution in [3.05, 3.63) is 70.3 Å². The summed E-state index contributed by atoms with van der Waals surface area (Å²) < 4.78 is 0. The molecule has 0 heterocycles. The van der Waals surface area contributed by atoms with Crippen molar-refractivity contribution in [1.82, 2.24) is 5.32 Å². The standard InChI is InChI=1S/C20H25N/c1-3-21-20(18-10-7-15(2)8-11-18)14-16-9-12-17-5-4-6-19(17)13-16/h7-13,20-21H,3-6,14H2,1-2H3. The summed E-state index contributed by atoms with van der Waals surface area (Å²) in [4.78, 5) is 0. The molecule has 1 atom stereocenters.